The first kappa shape index (κ1) is 18.1. The fourth-order valence-electron chi connectivity index (χ4n) is 2.91. The van der Waals surface area contributed by atoms with Crippen LogP contribution in [0.5, 0.6) is 0 Å². The minimum atomic E-state index is -0.248. The lowest BCUT2D eigenvalue weighted by atomic mass is 10.1. The van der Waals surface area contributed by atoms with Gasteiger partial charge in [-0.05, 0) is 37.8 Å². The van der Waals surface area contributed by atoms with E-state index in [-0.39, 0.29) is 17.4 Å². The monoisotopic (exact) mass is 375 g/mol. The molecule has 1 unspecified atom stereocenters. The molecule has 0 radical (unpaired) electrons. The van der Waals surface area contributed by atoms with E-state index in [9.17, 15) is 9.59 Å². The van der Waals surface area contributed by atoms with Gasteiger partial charge in [-0.1, -0.05) is 24.8 Å². The van der Waals surface area contributed by atoms with Crippen molar-refractivity contribution in [3.63, 3.8) is 0 Å². The Morgan fingerprint density at radius 3 is 3.00 bits per heavy atom. The van der Waals surface area contributed by atoms with E-state index in [1.165, 1.54) is 11.8 Å². The Kier molecular flexibility index (Phi) is 5.54. The number of amides is 1. The standard InChI is InChI=1S/C18H21N3O2S2/c1-4-15-11(2)19-18-21(17(15)23)9-12(10-25-18)16(22)20-13-6-5-7-14(8-13)24-3/h5-8,12H,4,9-10H2,1-3H3,(H,20,22). The van der Waals surface area contributed by atoms with E-state index < -0.39 is 0 Å². The minimum Gasteiger partial charge on any atom is -0.326 e. The highest BCUT2D eigenvalue weighted by atomic mass is 32.2. The average molecular weight is 376 g/mol. The molecule has 1 aromatic heterocycles. The molecular weight excluding hydrogens is 354 g/mol. The largest absolute Gasteiger partial charge is 0.326 e. The number of nitrogens with one attached hydrogen (secondary N) is 1. The van der Waals surface area contributed by atoms with Gasteiger partial charge < -0.3 is 5.32 Å². The molecule has 1 aliphatic heterocycles. The van der Waals surface area contributed by atoms with Crippen molar-refractivity contribution in [1.29, 1.82) is 0 Å². The van der Waals surface area contributed by atoms with E-state index in [1.807, 2.05) is 44.4 Å². The van der Waals surface area contributed by atoms with Gasteiger partial charge in [0.15, 0.2) is 5.16 Å². The number of carbonyl (C=O) groups is 1. The number of hydrogen-bond donors (Lipinski definition) is 1. The van der Waals surface area contributed by atoms with Crippen molar-refractivity contribution < 1.29 is 4.79 Å². The van der Waals surface area contributed by atoms with E-state index in [1.54, 1.807) is 16.3 Å². The summed E-state index contributed by atoms with van der Waals surface area (Å²) in [6.45, 7) is 4.21. The molecule has 3 rings (SSSR count). The molecule has 0 fully saturated rings. The van der Waals surface area contributed by atoms with Crippen LogP contribution in [0.2, 0.25) is 0 Å². The third kappa shape index (κ3) is 3.77. The lowest BCUT2D eigenvalue weighted by Gasteiger charge is -2.25. The molecule has 7 heteroatoms. The SMILES string of the molecule is CCc1c(C)nc2n(c1=O)CC(C(=O)Nc1cccc(SC)c1)CS2. The summed E-state index contributed by atoms with van der Waals surface area (Å²) in [5, 5.41) is 3.69. The van der Waals surface area contributed by atoms with Crippen LogP contribution in [0.15, 0.2) is 39.1 Å². The number of carbonyl (C=O) groups excluding carboxylic acids is 1. The van der Waals surface area contributed by atoms with Crippen molar-refractivity contribution in [3.05, 3.63) is 45.9 Å². The van der Waals surface area contributed by atoms with E-state index >= 15 is 0 Å². The van der Waals surface area contributed by atoms with E-state index in [2.05, 4.69) is 10.3 Å². The number of thioether (sulfide) groups is 2. The number of fused-ring (bicyclic) bond motifs is 1. The summed E-state index contributed by atoms with van der Waals surface area (Å²) in [4.78, 5) is 30.9. The Labute approximate surface area is 155 Å². The Morgan fingerprint density at radius 2 is 2.28 bits per heavy atom. The van der Waals surface area contributed by atoms with E-state index in [0.717, 1.165) is 21.8 Å². The van der Waals surface area contributed by atoms with E-state index in [4.69, 9.17) is 0 Å². The minimum absolute atomic E-state index is 0.0145. The number of aromatic nitrogens is 2. The molecule has 5 nitrogen and oxygen atoms in total. The maximum Gasteiger partial charge on any atom is 0.257 e. The van der Waals surface area contributed by atoms with Crippen LogP contribution in [-0.2, 0) is 17.8 Å². The van der Waals surface area contributed by atoms with Crippen molar-refractivity contribution >= 4 is 35.1 Å². The highest BCUT2D eigenvalue weighted by Crippen LogP contribution is 2.27. The first-order valence-electron chi connectivity index (χ1n) is 8.21. The predicted octanol–water partition coefficient (Wildman–Crippen LogP) is 3.20. The molecule has 0 spiro atoms. The highest BCUT2D eigenvalue weighted by molar-refractivity contribution is 7.99. The van der Waals surface area contributed by atoms with Gasteiger partial charge in [-0.2, -0.15) is 0 Å². The molecule has 1 N–H and O–H groups in total. The predicted molar refractivity (Wildman–Crippen MR) is 104 cm³/mol. The molecular formula is C18H21N3O2S2. The van der Waals surface area contributed by atoms with Crippen LogP contribution < -0.4 is 10.9 Å². The maximum atomic E-state index is 12.7. The van der Waals surface area contributed by atoms with Crippen molar-refractivity contribution in [2.45, 2.75) is 36.9 Å². The summed E-state index contributed by atoms with van der Waals surface area (Å²) in [6.07, 6.45) is 2.66. The molecule has 1 amide bonds. The normalized spacial score (nSPS) is 16.4. The Morgan fingerprint density at radius 1 is 1.48 bits per heavy atom. The fourth-order valence-corrected chi connectivity index (χ4v) is 4.49. The Hall–Kier alpha value is -1.73. The summed E-state index contributed by atoms with van der Waals surface area (Å²) in [6, 6.07) is 7.77. The zero-order valence-electron chi connectivity index (χ0n) is 14.5. The number of nitrogens with zero attached hydrogens (tertiary/aromatic N) is 2. The Bertz CT molecular complexity index is 864. The summed E-state index contributed by atoms with van der Waals surface area (Å²) in [5.74, 6) is 0.329. The lowest BCUT2D eigenvalue weighted by Crippen LogP contribution is -2.38. The molecule has 2 heterocycles. The van der Waals surface area contributed by atoms with Gasteiger partial charge in [0.25, 0.3) is 5.56 Å². The van der Waals surface area contributed by atoms with Crippen LogP contribution in [0.25, 0.3) is 0 Å². The zero-order chi connectivity index (χ0) is 18.0. The van der Waals surface area contributed by atoms with Crippen LogP contribution >= 0.6 is 23.5 Å². The highest BCUT2D eigenvalue weighted by Gasteiger charge is 2.28. The molecule has 0 bridgehead atoms. The molecule has 1 aromatic carbocycles. The van der Waals surface area contributed by atoms with Crippen LogP contribution in [-0.4, -0.2) is 27.5 Å². The van der Waals surface area contributed by atoms with Crippen molar-refractivity contribution in [2.75, 3.05) is 17.3 Å². The first-order chi connectivity index (χ1) is 12.0. The quantitative estimate of drug-likeness (QED) is 0.657. The molecule has 2 aromatic rings. The summed E-state index contributed by atoms with van der Waals surface area (Å²) in [7, 11) is 0. The van der Waals surface area contributed by atoms with Gasteiger partial charge in [-0.15, -0.1) is 11.8 Å². The van der Waals surface area contributed by atoms with Crippen molar-refractivity contribution in [2.24, 2.45) is 5.92 Å². The maximum absolute atomic E-state index is 12.7. The Balaban J connectivity index is 1.80. The molecule has 0 saturated carbocycles. The van der Waals surface area contributed by atoms with Gasteiger partial charge in [-0.3, -0.25) is 14.2 Å². The lowest BCUT2D eigenvalue weighted by molar-refractivity contribution is -0.119. The van der Waals surface area contributed by atoms with Gasteiger partial charge in [0.1, 0.15) is 0 Å². The van der Waals surface area contributed by atoms with Crippen LogP contribution in [0.3, 0.4) is 0 Å². The van der Waals surface area contributed by atoms with Crippen LogP contribution in [0, 0.1) is 12.8 Å². The first-order valence-corrected chi connectivity index (χ1v) is 10.4. The van der Waals surface area contributed by atoms with Crippen molar-refractivity contribution in [1.82, 2.24) is 9.55 Å². The topological polar surface area (TPSA) is 64.0 Å². The molecule has 132 valence electrons. The molecule has 0 saturated heterocycles. The molecule has 1 atom stereocenters. The van der Waals surface area contributed by atoms with E-state index in [0.29, 0.717) is 23.9 Å². The van der Waals surface area contributed by atoms with Gasteiger partial charge in [0.05, 0.1) is 5.92 Å². The smallest absolute Gasteiger partial charge is 0.257 e. The average Bonchev–Trinajstić information content (AvgIpc) is 2.62. The third-order valence-electron chi connectivity index (χ3n) is 4.31. The zero-order valence-corrected chi connectivity index (χ0v) is 16.2. The second kappa shape index (κ2) is 7.66. The van der Waals surface area contributed by atoms with Crippen molar-refractivity contribution in [3.8, 4) is 0 Å². The number of aryl methyl sites for hydroxylation is 1. The second-order valence-corrected chi connectivity index (χ2v) is 7.82. The van der Waals surface area contributed by atoms with Gasteiger partial charge in [0.2, 0.25) is 5.91 Å². The molecule has 1 aliphatic rings. The summed E-state index contributed by atoms with van der Waals surface area (Å²) < 4.78 is 1.66. The van der Waals surface area contributed by atoms with Crippen LogP contribution in [0.4, 0.5) is 5.69 Å². The number of benzene rings is 1. The van der Waals surface area contributed by atoms with Gasteiger partial charge in [0, 0.05) is 34.1 Å². The molecule has 25 heavy (non-hydrogen) atoms. The third-order valence-corrected chi connectivity index (χ3v) is 6.18. The number of hydrogen-bond acceptors (Lipinski definition) is 5. The summed E-state index contributed by atoms with van der Waals surface area (Å²) >= 11 is 3.11. The number of rotatable bonds is 4. The number of anilines is 1. The van der Waals surface area contributed by atoms with Gasteiger partial charge in [-0.25, -0.2) is 4.98 Å². The molecule has 0 aliphatic carbocycles. The second-order valence-electron chi connectivity index (χ2n) is 5.96. The van der Waals surface area contributed by atoms with Gasteiger partial charge >= 0.3 is 0 Å². The van der Waals surface area contributed by atoms with Crippen LogP contribution in [0.1, 0.15) is 18.2 Å². The fraction of sp³-hybridized carbons (Fsp3) is 0.389. The summed E-state index contributed by atoms with van der Waals surface area (Å²) in [5.41, 5.74) is 2.30.